The maximum atomic E-state index is 6.05. The summed E-state index contributed by atoms with van der Waals surface area (Å²) >= 11 is 6.05. The highest BCUT2D eigenvalue weighted by molar-refractivity contribution is 6.34. The molecule has 0 amide bonds. The van der Waals surface area contributed by atoms with Crippen LogP contribution in [0.1, 0.15) is 5.76 Å². The quantitative estimate of drug-likeness (QED) is 0.804. The van der Waals surface area contributed by atoms with Gasteiger partial charge in [-0.05, 0) is 12.1 Å². The molecular formula is C13H16ClNO2. The number of nitrogens with one attached hydrogen (secondary N) is 1. The highest BCUT2D eigenvalue weighted by atomic mass is 35.5. The summed E-state index contributed by atoms with van der Waals surface area (Å²) in [6.45, 7) is 2.46. The second-order valence-corrected chi connectivity index (χ2v) is 4.27. The Morgan fingerprint density at radius 1 is 1.35 bits per heavy atom. The average Bonchev–Trinajstić information content (AvgIpc) is 2.73. The van der Waals surface area contributed by atoms with Crippen molar-refractivity contribution in [3.63, 3.8) is 0 Å². The fourth-order valence-electron chi connectivity index (χ4n) is 1.71. The molecule has 0 atom stereocenters. The number of methoxy groups -OCH3 is 1. The lowest BCUT2D eigenvalue weighted by molar-refractivity contribution is 0.199. The summed E-state index contributed by atoms with van der Waals surface area (Å²) in [6.07, 6.45) is 0.856. The molecule has 2 rings (SSSR count). The Labute approximate surface area is 106 Å². The van der Waals surface area contributed by atoms with Gasteiger partial charge in [-0.3, -0.25) is 0 Å². The van der Waals surface area contributed by atoms with Crippen LogP contribution >= 0.6 is 11.6 Å². The first kappa shape index (κ1) is 12.4. The summed E-state index contributed by atoms with van der Waals surface area (Å²) in [5.41, 5.74) is 0.779. The highest BCUT2D eigenvalue weighted by Crippen LogP contribution is 2.26. The minimum absolute atomic E-state index is 0.668. The van der Waals surface area contributed by atoms with Crippen molar-refractivity contribution in [3.8, 4) is 0 Å². The molecule has 0 bridgehead atoms. The first-order valence-electron chi connectivity index (χ1n) is 5.68. The first-order chi connectivity index (χ1) is 8.31. The van der Waals surface area contributed by atoms with Crippen LogP contribution in [-0.2, 0) is 11.2 Å². The molecule has 0 aliphatic carbocycles. The lowest BCUT2D eigenvalue weighted by Crippen LogP contribution is -2.21. The summed E-state index contributed by atoms with van der Waals surface area (Å²) in [5, 5.41) is 5.00. The molecule has 0 saturated heterocycles. The average molecular weight is 254 g/mol. The molecule has 0 spiro atoms. The second kappa shape index (κ2) is 6.05. The number of hydrogen-bond donors (Lipinski definition) is 1. The van der Waals surface area contributed by atoms with E-state index >= 15 is 0 Å². The second-order valence-electron chi connectivity index (χ2n) is 3.86. The molecule has 3 nitrogen and oxygen atoms in total. The van der Waals surface area contributed by atoms with Crippen molar-refractivity contribution in [3.05, 3.63) is 35.0 Å². The molecule has 1 heterocycles. The van der Waals surface area contributed by atoms with Crippen LogP contribution in [0.5, 0.6) is 0 Å². The van der Waals surface area contributed by atoms with Crippen LogP contribution in [-0.4, -0.2) is 26.8 Å². The monoisotopic (exact) mass is 253 g/mol. The van der Waals surface area contributed by atoms with Gasteiger partial charge in [0, 0.05) is 32.0 Å². The third-order valence-electron chi connectivity index (χ3n) is 2.58. The van der Waals surface area contributed by atoms with Crippen LogP contribution in [0.25, 0.3) is 11.0 Å². The van der Waals surface area contributed by atoms with E-state index in [0.717, 1.165) is 42.8 Å². The first-order valence-corrected chi connectivity index (χ1v) is 6.05. The maximum absolute atomic E-state index is 6.05. The summed E-state index contributed by atoms with van der Waals surface area (Å²) in [5.74, 6) is 0.956. The predicted octanol–water partition coefficient (Wildman–Crippen LogP) is 2.86. The van der Waals surface area contributed by atoms with Crippen molar-refractivity contribution >= 4 is 22.6 Å². The number of fused-ring (bicyclic) bond motifs is 1. The Morgan fingerprint density at radius 2 is 2.24 bits per heavy atom. The van der Waals surface area contributed by atoms with Crippen LogP contribution < -0.4 is 5.32 Å². The molecule has 1 aromatic carbocycles. The topological polar surface area (TPSA) is 34.4 Å². The van der Waals surface area contributed by atoms with E-state index in [-0.39, 0.29) is 0 Å². The van der Waals surface area contributed by atoms with Gasteiger partial charge in [0.05, 0.1) is 11.6 Å². The Balaban J connectivity index is 1.93. The molecule has 0 radical (unpaired) electrons. The number of para-hydroxylation sites is 1. The standard InChI is InChI=1S/C13H16ClNO2/c1-16-8-7-15-6-5-11-9-10-3-2-4-12(14)13(10)17-11/h2-4,9,15H,5-8H2,1H3. The van der Waals surface area contributed by atoms with E-state index in [2.05, 4.69) is 5.32 Å². The molecule has 1 aromatic heterocycles. The van der Waals surface area contributed by atoms with Gasteiger partial charge in [-0.25, -0.2) is 0 Å². The summed E-state index contributed by atoms with van der Waals surface area (Å²) in [7, 11) is 1.70. The van der Waals surface area contributed by atoms with Gasteiger partial charge in [0.15, 0.2) is 5.58 Å². The Bertz CT molecular complexity index is 481. The molecule has 1 N–H and O–H groups in total. The molecule has 4 heteroatoms. The molecule has 92 valence electrons. The lowest BCUT2D eigenvalue weighted by atomic mass is 10.2. The Kier molecular flexibility index (Phi) is 4.42. The van der Waals surface area contributed by atoms with Crippen LogP contribution in [0.4, 0.5) is 0 Å². The number of furan rings is 1. The Hall–Kier alpha value is -1.03. The summed E-state index contributed by atoms with van der Waals surface area (Å²) < 4.78 is 10.7. The molecule has 0 aliphatic heterocycles. The fraction of sp³-hybridized carbons (Fsp3) is 0.385. The molecule has 2 aromatic rings. The largest absolute Gasteiger partial charge is 0.459 e. The number of benzene rings is 1. The van der Waals surface area contributed by atoms with E-state index in [1.54, 1.807) is 7.11 Å². The van der Waals surface area contributed by atoms with E-state index in [4.69, 9.17) is 20.8 Å². The van der Waals surface area contributed by atoms with Crippen molar-refractivity contribution in [2.24, 2.45) is 0 Å². The van der Waals surface area contributed by atoms with Gasteiger partial charge >= 0.3 is 0 Å². The number of hydrogen-bond acceptors (Lipinski definition) is 3. The molecule has 0 aliphatic rings. The zero-order valence-corrected chi connectivity index (χ0v) is 10.6. The maximum Gasteiger partial charge on any atom is 0.152 e. The predicted molar refractivity (Wildman–Crippen MR) is 69.7 cm³/mol. The van der Waals surface area contributed by atoms with Gasteiger partial charge < -0.3 is 14.5 Å². The number of halogens is 1. The van der Waals surface area contributed by atoms with Crippen molar-refractivity contribution in [1.29, 1.82) is 0 Å². The molecule has 0 unspecified atom stereocenters. The minimum atomic E-state index is 0.668. The van der Waals surface area contributed by atoms with Gasteiger partial charge in [-0.15, -0.1) is 0 Å². The van der Waals surface area contributed by atoms with Gasteiger partial charge in [0.1, 0.15) is 5.76 Å². The highest BCUT2D eigenvalue weighted by Gasteiger charge is 2.06. The molecular weight excluding hydrogens is 238 g/mol. The normalized spacial score (nSPS) is 11.2. The summed E-state index contributed by atoms with van der Waals surface area (Å²) in [6, 6.07) is 7.82. The van der Waals surface area contributed by atoms with Gasteiger partial charge in [-0.1, -0.05) is 23.7 Å². The van der Waals surface area contributed by atoms with E-state index in [1.165, 1.54) is 0 Å². The van der Waals surface area contributed by atoms with Gasteiger partial charge in [-0.2, -0.15) is 0 Å². The SMILES string of the molecule is COCCNCCc1cc2cccc(Cl)c2o1. The van der Waals surface area contributed by atoms with Crippen LogP contribution in [0.3, 0.4) is 0 Å². The van der Waals surface area contributed by atoms with Crippen LogP contribution in [0, 0.1) is 0 Å². The fourth-order valence-corrected chi connectivity index (χ4v) is 1.94. The van der Waals surface area contributed by atoms with Crippen LogP contribution in [0.2, 0.25) is 5.02 Å². The van der Waals surface area contributed by atoms with E-state index in [0.29, 0.717) is 5.02 Å². The molecule has 0 saturated carbocycles. The third kappa shape index (κ3) is 3.22. The number of rotatable bonds is 6. The van der Waals surface area contributed by atoms with Crippen molar-refractivity contribution < 1.29 is 9.15 Å². The van der Waals surface area contributed by atoms with E-state index in [1.807, 2.05) is 24.3 Å². The van der Waals surface area contributed by atoms with Crippen molar-refractivity contribution in [2.75, 3.05) is 26.8 Å². The van der Waals surface area contributed by atoms with Crippen LogP contribution in [0.15, 0.2) is 28.7 Å². The van der Waals surface area contributed by atoms with Crippen molar-refractivity contribution in [2.45, 2.75) is 6.42 Å². The zero-order chi connectivity index (χ0) is 12.1. The minimum Gasteiger partial charge on any atom is -0.459 e. The molecule has 0 fully saturated rings. The molecule has 17 heavy (non-hydrogen) atoms. The Morgan fingerprint density at radius 3 is 3.00 bits per heavy atom. The van der Waals surface area contributed by atoms with E-state index in [9.17, 15) is 0 Å². The smallest absolute Gasteiger partial charge is 0.152 e. The summed E-state index contributed by atoms with van der Waals surface area (Å²) in [4.78, 5) is 0. The third-order valence-corrected chi connectivity index (χ3v) is 2.88. The van der Waals surface area contributed by atoms with E-state index < -0.39 is 0 Å². The van der Waals surface area contributed by atoms with Crippen molar-refractivity contribution in [1.82, 2.24) is 5.32 Å². The van der Waals surface area contributed by atoms with Gasteiger partial charge in [0.25, 0.3) is 0 Å². The zero-order valence-electron chi connectivity index (χ0n) is 9.83. The number of ether oxygens (including phenoxy) is 1. The van der Waals surface area contributed by atoms with Gasteiger partial charge in [0.2, 0.25) is 0 Å². The lowest BCUT2D eigenvalue weighted by Gasteiger charge is -2.01.